The first-order valence-electron chi connectivity index (χ1n) is 13.0. The third-order valence-electron chi connectivity index (χ3n) is 7.21. The van der Waals surface area contributed by atoms with Crippen molar-refractivity contribution in [2.75, 3.05) is 11.9 Å². The first-order chi connectivity index (χ1) is 19.7. The molecule has 1 aliphatic heterocycles. The van der Waals surface area contributed by atoms with E-state index >= 15 is 0 Å². The van der Waals surface area contributed by atoms with Crippen LogP contribution in [0.4, 0.5) is 10.2 Å². The van der Waals surface area contributed by atoms with Crippen LogP contribution in [0.3, 0.4) is 0 Å². The lowest BCUT2D eigenvalue weighted by atomic mass is 10.1. The Morgan fingerprint density at radius 2 is 1.85 bits per heavy atom. The lowest BCUT2D eigenvalue weighted by molar-refractivity contribution is -0.0511. The predicted molar refractivity (Wildman–Crippen MR) is 140 cm³/mol. The average Bonchev–Trinajstić information content (AvgIpc) is 3.76. The van der Waals surface area contributed by atoms with Gasteiger partial charge in [-0.25, -0.2) is 22.5 Å². The number of aromatic nitrogens is 7. The number of nitrogens with one attached hydrogen (secondary N) is 2. The Labute approximate surface area is 233 Å². The van der Waals surface area contributed by atoms with Crippen molar-refractivity contribution in [2.24, 2.45) is 0 Å². The molecule has 5 N–H and O–H groups in total. The van der Waals surface area contributed by atoms with Crippen LogP contribution in [0.15, 0.2) is 41.7 Å². The quantitative estimate of drug-likeness (QED) is 0.175. The van der Waals surface area contributed by atoms with E-state index in [-0.39, 0.29) is 34.8 Å². The lowest BCUT2D eigenvalue weighted by Gasteiger charge is -2.17. The second kappa shape index (κ2) is 11.0. The van der Waals surface area contributed by atoms with Crippen molar-refractivity contribution < 1.29 is 32.9 Å². The molecule has 17 heteroatoms. The van der Waals surface area contributed by atoms with E-state index in [1.54, 1.807) is 0 Å². The van der Waals surface area contributed by atoms with Gasteiger partial charge in [0, 0.05) is 6.04 Å². The maximum Gasteiger partial charge on any atom is 0.256 e. The summed E-state index contributed by atoms with van der Waals surface area (Å²) < 4.78 is 49.2. The number of hydrogen-bond donors (Lipinski definition) is 5. The number of halogens is 1. The van der Waals surface area contributed by atoms with Gasteiger partial charge in [0.05, 0.1) is 36.3 Å². The van der Waals surface area contributed by atoms with Gasteiger partial charge in [-0.15, -0.1) is 5.10 Å². The fraction of sp³-hybridized carbons (Fsp3) is 0.458. The van der Waals surface area contributed by atoms with Crippen LogP contribution in [0.25, 0.3) is 17.1 Å². The van der Waals surface area contributed by atoms with Crippen molar-refractivity contribution >= 4 is 27.0 Å². The van der Waals surface area contributed by atoms with Gasteiger partial charge in [-0.2, -0.15) is 14.6 Å². The maximum atomic E-state index is 13.2. The molecular weight excluding hydrogens is 561 g/mol. The fourth-order valence-corrected chi connectivity index (χ4v) is 6.01. The molecule has 1 unspecified atom stereocenters. The molecule has 4 heterocycles. The van der Waals surface area contributed by atoms with Gasteiger partial charge >= 0.3 is 0 Å². The van der Waals surface area contributed by atoms with Crippen molar-refractivity contribution in [3.05, 3.63) is 48.3 Å². The minimum atomic E-state index is -3.93. The highest BCUT2D eigenvalue weighted by Gasteiger charge is 2.44. The third kappa shape index (κ3) is 5.39. The Morgan fingerprint density at radius 3 is 2.56 bits per heavy atom. The standard InChI is InChI=1S/C24H28FN9O6S/c25-13-5-7-16(8-6-13)41(38,39)27-9-15-10-34(32-31-15)24-29-21(28-14-3-1-2-4-14)18-22(30-24)33(12-26-18)23-20(37)19(36)17(11-35)40-23/h5-8,10,12,14,17,19-20,23,27,35-37H,1-4,9,11H2,(H,28,29,30)/t17-,19-,20-,23?/m1/s1. The van der Waals surface area contributed by atoms with Crippen LogP contribution in [0, 0.1) is 5.82 Å². The minimum Gasteiger partial charge on any atom is -0.394 e. The molecule has 1 saturated carbocycles. The molecule has 15 nitrogen and oxygen atoms in total. The van der Waals surface area contributed by atoms with E-state index in [4.69, 9.17) is 4.74 Å². The van der Waals surface area contributed by atoms with E-state index in [0.717, 1.165) is 49.9 Å². The number of anilines is 1. The molecule has 0 spiro atoms. The third-order valence-corrected chi connectivity index (χ3v) is 8.63. The number of aliphatic hydroxyl groups is 3. The van der Waals surface area contributed by atoms with Gasteiger partial charge < -0.3 is 25.4 Å². The SMILES string of the molecule is O=S(=O)(NCc1cn(-c2nc(NC3CCCC3)c3ncn(C4O[C@H](CO)[C@@H](O)[C@H]4O)c3n2)nn1)c1ccc(F)cc1. The average molecular weight is 590 g/mol. The van der Waals surface area contributed by atoms with Gasteiger partial charge in [-0.3, -0.25) is 4.57 Å². The first-order valence-corrected chi connectivity index (χ1v) is 14.5. The molecule has 41 heavy (non-hydrogen) atoms. The zero-order valence-corrected chi connectivity index (χ0v) is 22.4. The highest BCUT2D eigenvalue weighted by molar-refractivity contribution is 7.89. The molecule has 2 aliphatic rings. The highest BCUT2D eigenvalue weighted by Crippen LogP contribution is 2.33. The Balaban J connectivity index is 1.31. The van der Waals surface area contributed by atoms with Crippen LogP contribution >= 0.6 is 0 Å². The molecule has 1 aromatic carbocycles. The summed E-state index contributed by atoms with van der Waals surface area (Å²) in [6, 6.07) is 4.60. The number of ether oxygens (including phenoxy) is 1. The van der Waals surface area contributed by atoms with Crippen LogP contribution in [-0.4, -0.2) is 89.2 Å². The number of aliphatic hydroxyl groups excluding tert-OH is 3. The van der Waals surface area contributed by atoms with Gasteiger partial charge in [-0.1, -0.05) is 18.1 Å². The fourth-order valence-electron chi connectivity index (χ4n) is 5.01. The molecule has 2 fully saturated rings. The van der Waals surface area contributed by atoms with E-state index in [9.17, 15) is 28.1 Å². The van der Waals surface area contributed by atoms with Crippen LogP contribution < -0.4 is 10.0 Å². The summed E-state index contributed by atoms with van der Waals surface area (Å²) in [6.07, 6.45) is 2.24. The molecule has 4 aromatic rings. The largest absolute Gasteiger partial charge is 0.394 e. The van der Waals surface area contributed by atoms with Gasteiger partial charge in [0.25, 0.3) is 5.95 Å². The van der Waals surface area contributed by atoms with Crippen LogP contribution in [-0.2, 0) is 21.3 Å². The smallest absolute Gasteiger partial charge is 0.256 e. The Kier molecular flexibility index (Phi) is 7.39. The predicted octanol–water partition coefficient (Wildman–Crippen LogP) is -0.00940. The molecule has 0 amide bonds. The Hall–Kier alpha value is -3.61. The lowest BCUT2D eigenvalue weighted by Crippen LogP contribution is -2.33. The molecular formula is C24H28FN9O6S. The first kappa shape index (κ1) is 27.6. The molecule has 4 atom stereocenters. The second-order valence-corrected chi connectivity index (χ2v) is 11.8. The molecule has 218 valence electrons. The van der Waals surface area contributed by atoms with Crippen molar-refractivity contribution in [1.82, 2.24) is 39.2 Å². The number of fused-ring (bicyclic) bond motifs is 1. The minimum absolute atomic E-state index is 0.0895. The molecule has 1 saturated heterocycles. The Bertz CT molecular complexity index is 1640. The van der Waals surface area contributed by atoms with Gasteiger partial charge in [0.1, 0.15) is 24.1 Å². The van der Waals surface area contributed by atoms with Gasteiger partial charge in [0.15, 0.2) is 23.2 Å². The number of imidazole rings is 1. The number of hydrogen-bond acceptors (Lipinski definition) is 12. The number of benzene rings is 1. The van der Waals surface area contributed by atoms with Crippen molar-refractivity contribution in [3.63, 3.8) is 0 Å². The monoisotopic (exact) mass is 589 g/mol. The topological polar surface area (TPSA) is 202 Å². The van der Waals surface area contributed by atoms with Crippen molar-refractivity contribution in [1.29, 1.82) is 0 Å². The molecule has 3 aromatic heterocycles. The van der Waals surface area contributed by atoms with Crippen LogP contribution in [0.5, 0.6) is 0 Å². The summed E-state index contributed by atoms with van der Waals surface area (Å²) in [4.78, 5) is 13.5. The van der Waals surface area contributed by atoms with E-state index < -0.39 is 47.0 Å². The molecule has 0 radical (unpaired) electrons. The zero-order valence-electron chi connectivity index (χ0n) is 21.6. The summed E-state index contributed by atoms with van der Waals surface area (Å²) >= 11 is 0. The molecule has 0 bridgehead atoms. The normalized spacial score (nSPS) is 23.5. The van der Waals surface area contributed by atoms with E-state index in [1.807, 2.05) is 0 Å². The van der Waals surface area contributed by atoms with Gasteiger partial charge in [-0.05, 0) is 37.1 Å². The summed E-state index contributed by atoms with van der Waals surface area (Å²) in [5.74, 6) is -0.0338. The number of sulfonamides is 1. The molecule has 6 rings (SSSR count). The van der Waals surface area contributed by atoms with Crippen LogP contribution in [0.2, 0.25) is 0 Å². The van der Waals surface area contributed by atoms with Gasteiger partial charge in [0.2, 0.25) is 10.0 Å². The van der Waals surface area contributed by atoms with Crippen LogP contribution in [0.1, 0.15) is 37.6 Å². The van der Waals surface area contributed by atoms with E-state index in [2.05, 4.69) is 35.3 Å². The summed E-state index contributed by atoms with van der Waals surface area (Å²) in [7, 11) is -3.93. The zero-order chi connectivity index (χ0) is 28.7. The van der Waals surface area contributed by atoms with Crippen molar-refractivity contribution in [3.8, 4) is 5.95 Å². The summed E-state index contributed by atoms with van der Waals surface area (Å²) in [5.41, 5.74) is 0.951. The maximum absolute atomic E-state index is 13.2. The highest BCUT2D eigenvalue weighted by atomic mass is 32.2. The number of rotatable bonds is 9. The second-order valence-electron chi connectivity index (χ2n) is 9.98. The summed E-state index contributed by atoms with van der Waals surface area (Å²) in [6.45, 7) is -0.682. The molecule has 1 aliphatic carbocycles. The van der Waals surface area contributed by atoms with E-state index in [0.29, 0.717) is 11.3 Å². The number of nitrogens with zero attached hydrogens (tertiary/aromatic N) is 7. The Morgan fingerprint density at radius 1 is 1.10 bits per heavy atom. The van der Waals surface area contributed by atoms with Crippen molar-refractivity contribution in [2.45, 2.75) is 67.7 Å². The summed E-state index contributed by atoms with van der Waals surface area (Å²) in [5, 5.41) is 41.9. The van der Waals surface area contributed by atoms with E-state index in [1.165, 1.54) is 21.8 Å².